The summed E-state index contributed by atoms with van der Waals surface area (Å²) in [5.41, 5.74) is -3.61. The molecule has 0 radical (unpaired) electrons. The lowest BCUT2D eigenvalue weighted by Gasteiger charge is -2.12. The molecule has 0 spiro atoms. The normalized spacial score (nSPS) is 14.0. The fourth-order valence-corrected chi connectivity index (χ4v) is 3.40. The molecule has 0 aliphatic carbocycles. The van der Waals surface area contributed by atoms with Gasteiger partial charge in [-0.1, -0.05) is 50.6 Å². The van der Waals surface area contributed by atoms with Gasteiger partial charge in [-0.3, -0.25) is 4.79 Å². The predicted octanol–water partition coefficient (Wildman–Crippen LogP) is 6.12. The molecule has 34 heavy (non-hydrogen) atoms. The number of aromatic nitrogens is 2. The molecule has 0 saturated carbocycles. The fourth-order valence-electron chi connectivity index (χ4n) is 2.42. The lowest BCUT2D eigenvalue weighted by Crippen LogP contribution is -2.21. The van der Waals surface area contributed by atoms with Gasteiger partial charge >= 0.3 is 12.4 Å². The van der Waals surface area contributed by atoms with E-state index in [1.165, 1.54) is 4.68 Å². The highest BCUT2D eigenvalue weighted by Crippen LogP contribution is 2.33. The Kier molecular flexibility index (Phi) is 8.33. The lowest BCUT2D eigenvalue weighted by atomic mass is 9.98. The van der Waals surface area contributed by atoms with Crippen LogP contribution in [0.4, 0.5) is 26.3 Å². The summed E-state index contributed by atoms with van der Waals surface area (Å²) >= 11 is 1.10. The summed E-state index contributed by atoms with van der Waals surface area (Å²) in [5.74, 6) is -1.72. The van der Waals surface area contributed by atoms with Gasteiger partial charge in [-0.05, 0) is 31.5 Å². The first-order valence-corrected chi connectivity index (χ1v) is 11.0. The molecule has 0 N–H and O–H groups in total. The van der Waals surface area contributed by atoms with Gasteiger partial charge in [-0.15, -0.1) is 0 Å². The highest BCUT2D eigenvalue weighted by Gasteiger charge is 2.34. The maximum Gasteiger partial charge on any atom is 0.432 e. The Hall–Kier alpha value is -2.70. The number of halogens is 6. The van der Waals surface area contributed by atoms with Crippen molar-refractivity contribution in [3.63, 3.8) is 0 Å². The fraction of sp³-hybridized carbons (Fsp3) is 0.524. The Morgan fingerprint density at radius 2 is 1.79 bits per heavy atom. The molecule has 0 bridgehead atoms. The van der Waals surface area contributed by atoms with Crippen LogP contribution < -0.4 is 9.64 Å². The minimum absolute atomic E-state index is 0.154. The van der Waals surface area contributed by atoms with Crippen LogP contribution in [0.25, 0.3) is 0 Å². The summed E-state index contributed by atoms with van der Waals surface area (Å²) in [5, 5.41) is 8.02. The number of hydrogen-bond acceptors (Lipinski definition) is 5. The van der Waals surface area contributed by atoms with Crippen molar-refractivity contribution in [1.82, 2.24) is 9.78 Å². The van der Waals surface area contributed by atoms with Crippen molar-refractivity contribution in [2.24, 2.45) is 10.1 Å². The van der Waals surface area contributed by atoms with Gasteiger partial charge in [0, 0.05) is 12.0 Å². The van der Waals surface area contributed by atoms with Crippen molar-refractivity contribution in [3.05, 3.63) is 39.1 Å². The Bertz CT molecular complexity index is 1120. The third kappa shape index (κ3) is 7.15. The van der Waals surface area contributed by atoms with Crippen LogP contribution in [-0.4, -0.2) is 27.6 Å². The molecule has 1 amide bonds. The van der Waals surface area contributed by atoms with Gasteiger partial charge in [0.25, 0.3) is 5.91 Å². The zero-order valence-electron chi connectivity index (χ0n) is 19.1. The summed E-state index contributed by atoms with van der Waals surface area (Å²) in [6.07, 6.45) is -8.07. The molecule has 6 nitrogen and oxygen atoms in total. The first kappa shape index (κ1) is 27.5. The number of unbranched alkanes of at least 4 members (excludes halogenated alkanes) is 1. The SMILES string of the molecule is CCCCn1nc(C(C)(C)C)s/c1=N\C(=O)c1cc(C(F)(F)F)ccc1ON=C(C)C(F)(F)F. The van der Waals surface area contributed by atoms with E-state index in [0.29, 0.717) is 30.6 Å². The third-order valence-corrected chi connectivity index (χ3v) is 5.78. The number of alkyl halides is 6. The number of carbonyl (C=O) groups excluding carboxylic acids is 1. The second-order valence-corrected chi connectivity index (χ2v) is 9.36. The summed E-state index contributed by atoms with van der Waals surface area (Å²) in [6, 6.07) is 1.79. The molecule has 0 aliphatic rings. The van der Waals surface area contributed by atoms with Crippen LogP contribution in [0.15, 0.2) is 28.3 Å². The Morgan fingerprint density at radius 3 is 2.32 bits per heavy atom. The highest BCUT2D eigenvalue weighted by atomic mass is 32.1. The van der Waals surface area contributed by atoms with Crippen molar-refractivity contribution < 1.29 is 36.0 Å². The average molecular weight is 511 g/mol. The smallest absolute Gasteiger partial charge is 0.356 e. The molecule has 1 heterocycles. The second kappa shape index (κ2) is 10.3. The number of aryl methyl sites for hydroxylation is 1. The zero-order valence-corrected chi connectivity index (χ0v) is 20.0. The minimum Gasteiger partial charge on any atom is -0.356 e. The minimum atomic E-state index is -4.81. The first-order chi connectivity index (χ1) is 15.5. The molecular weight excluding hydrogens is 486 g/mol. The van der Waals surface area contributed by atoms with Gasteiger partial charge in [0.05, 0.1) is 11.1 Å². The molecule has 188 valence electrons. The molecule has 0 atom stereocenters. The summed E-state index contributed by atoms with van der Waals surface area (Å²) < 4.78 is 79.3. The Labute approximate surface area is 196 Å². The van der Waals surface area contributed by atoms with E-state index < -0.39 is 40.8 Å². The van der Waals surface area contributed by atoms with Gasteiger partial charge in [0.15, 0.2) is 11.5 Å². The molecule has 2 rings (SSSR count). The first-order valence-electron chi connectivity index (χ1n) is 10.2. The Morgan fingerprint density at radius 1 is 1.15 bits per heavy atom. The number of benzene rings is 1. The summed E-state index contributed by atoms with van der Waals surface area (Å²) in [4.78, 5) is 21.7. The number of hydrogen-bond donors (Lipinski definition) is 0. The second-order valence-electron chi connectivity index (χ2n) is 8.41. The predicted molar refractivity (Wildman–Crippen MR) is 115 cm³/mol. The maximum absolute atomic E-state index is 13.2. The third-order valence-electron chi connectivity index (χ3n) is 4.41. The monoisotopic (exact) mass is 510 g/mol. The van der Waals surface area contributed by atoms with Crippen LogP contribution in [0, 0.1) is 0 Å². The van der Waals surface area contributed by atoms with Crippen LogP contribution in [0.3, 0.4) is 0 Å². The van der Waals surface area contributed by atoms with E-state index in [0.717, 1.165) is 30.2 Å². The van der Waals surface area contributed by atoms with E-state index in [1.807, 2.05) is 27.7 Å². The van der Waals surface area contributed by atoms with Crippen LogP contribution in [0.1, 0.15) is 68.4 Å². The van der Waals surface area contributed by atoms with Crippen molar-refractivity contribution in [3.8, 4) is 5.75 Å². The standard InChI is InChI=1S/C21H24F6N4O2S/c1-6-7-10-31-18(34-17(29-31)19(3,4)5)28-16(32)14-11-13(21(25,26)27)8-9-15(14)33-30-12(2)20(22,23)24/h8-9,11H,6-7,10H2,1-5H3/b28-18-,30-12?. The van der Waals surface area contributed by atoms with E-state index in [4.69, 9.17) is 4.84 Å². The van der Waals surface area contributed by atoms with Crippen molar-refractivity contribution in [1.29, 1.82) is 0 Å². The van der Waals surface area contributed by atoms with Gasteiger partial charge in [-0.2, -0.15) is 36.4 Å². The van der Waals surface area contributed by atoms with Crippen molar-refractivity contribution in [2.45, 2.75) is 71.8 Å². The molecule has 2 aromatic rings. The zero-order chi connectivity index (χ0) is 25.9. The van der Waals surface area contributed by atoms with E-state index in [9.17, 15) is 31.1 Å². The topological polar surface area (TPSA) is 68.8 Å². The maximum atomic E-state index is 13.2. The number of carbonyl (C=O) groups is 1. The molecular formula is C21H24F6N4O2S. The summed E-state index contributed by atoms with van der Waals surface area (Å²) in [7, 11) is 0. The van der Waals surface area contributed by atoms with E-state index in [2.05, 4.69) is 15.2 Å². The van der Waals surface area contributed by atoms with Crippen LogP contribution in [0.5, 0.6) is 5.75 Å². The average Bonchev–Trinajstić information content (AvgIpc) is 3.11. The Balaban J connectivity index is 2.61. The van der Waals surface area contributed by atoms with Crippen molar-refractivity contribution >= 4 is 23.0 Å². The molecule has 0 aliphatic heterocycles. The van der Waals surface area contributed by atoms with Crippen LogP contribution in [-0.2, 0) is 18.1 Å². The van der Waals surface area contributed by atoms with Gasteiger partial charge < -0.3 is 4.84 Å². The molecule has 1 aromatic carbocycles. The number of nitrogens with zero attached hydrogens (tertiary/aromatic N) is 4. The summed E-state index contributed by atoms with van der Waals surface area (Å²) in [6.45, 7) is 8.72. The van der Waals surface area contributed by atoms with Gasteiger partial charge in [0.2, 0.25) is 4.80 Å². The molecule has 1 aromatic heterocycles. The molecule has 0 saturated heterocycles. The number of amides is 1. The quantitative estimate of drug-likeness (QED) is 0.267. The van der Waals surface area contributed by atoms with E-state index in [1.54, 1.807) is 0 Å². The number of oxime groups is 1. The van der Waals surface area contributed by atoms with E-state index in [-0.39, 0.29) is 10.2 Å². The van der Waals surface area contributed by atoms with Gasteiger partial charge in [-0.25, -0.2) is 4.68 Å². The lowest BCUT2D eigenvalue weighted by molar-refractivity contribution is -0.137. The van der Waals surface area contributed by atoms with Gasteiger partial charge in [0.1, 0.15) is 5.01 Å². The molecule has 0 fully saturated rings. The van der Waals surface area contributed by atoms with Crippen LogP contribution >= 0.6 is 11.3 Å². The molecule has 0 unspecified atom stereocenters. The number of rotatable bonds is 6. The van der Waals surface area contributed by atoms with Crippen LogP contribution in [0.2, 0.25) is 0 Å². The highest BCUT2D eigenvalue weighted by molar-refractivity contribution is 7.09. The molecule has 13 heteroatoms. The van der Waals surface area contributed by atoms with Crippen molar-refractivity contribution in [2.75, 3.05) is 0 Å². The van der Waals surface area contributed by atoms with E-state index >= 15 is 0 Å². The largest absolute Gasteiger partial charge is 0.432 e.